The van der Waals surface area contributed by atoms with Gasteiger partial charge < -0.3 is 14.8 Å². The van der Waals surface area contributed by atoms with Crippen LogP contribution in [0.25, 0.3) is 10.9 Å². The standard InChI is InChI=1S/C23H32N2O3/c1-4-6-15-27-20-12-11-19(18-10-8-14-24-21(18)20)25-22(26)23(28-5-2)13-7-9-17(3)16-23/h8,10-12,14,17H,4-7,9,13,15-16H2,1-3H3,(H,25,26)/t17-,23-/m1/s1. The lowest BCUT2D eigenvalue weighted by molar-refractivity contribution is -0.147. The zero-order valence-corrected chi connectivity index (χ0v) is 17.3. The van der Waals surface area contributed by atoms with E-state index in [1.54, 1.807) is 6.20 Å². The Balaban J connectivity index is 1.87. The maximum atomic E-state index is 13.3. The molecule has 0 bridgehead atoms. The SMILES string of the molecule is CCCCOc1ccc(NC(=O)[C@@]2(OCC)CCC[C@@H](C)C2)c2cccnc12. The van der Waals surface area contributed by atoms with Crippen molar-refractivity contribution in [1.82, 2.24) is 4.98 Å². The minimum absolute atomic E-state index is 0.0503. The zero-order chi connectivity index (χ0) is 20.0. The number of aromatic nitrogens is 1. The highest BCUT2D eigenvalue weighted by molar-refractivity contribution is 6.05. The normalized spacial score (nSPS) is 22.2. The molecule has 5 heteroatoms. The number of carbonyl (C=O) groups is 1. The van der Waals surface area contributed by atoms with Gasteiger partial charge in [0.25, 0.3) is 5.91 Å². The number of hydrogen-bond acceptors (Lipinski definition) is 4. The van der Waals surface area contributed by atoms with Crippen molar-refractivity contribution in [2.75, 3.05) is 18.5 Å². The fraction of sp³-hybridized carbons (Fsp3) is 0.565. The third-order valence-corrected chi connectivity index (χ3v) is 5.53. The minimum atomic E-state index is -0.739. The second-order valence-electron chi connectivity index (χ2n) is 7.80. The molecule has 0 unspecified atom stereocenters. The Bertz CT molecular complexity index is 804. The highest BCUT2D eigenvalue weighted by atomic mass is 16.5. The number of pyridine rings is 1. The van der Waals surface area contributed by atoms with Crippen LogP contribution >= 0.6 is 0 Å². The number of anilines is 1. The first-order valence-corrected chi connectivity index (χ1v) is 10.6. The van der Waals surface area contributed by atoms with Crippen molar-refractivity contribution in [3.63, 3.8) is 0 Å². The molecule has 1 heterocycles. The van der Waals surface area contributed by atoms with E-state index in [1.807, 2.05) is 31.2 Å². The number of unbranched alkanes of at least 4 members (excludes halogenated alkanes) is 1. The molecule has 152 valence electrons. The van der Waals surface area contributed by atoms with Crippen LogP contribution in [0.3, 0.4) is 0 Å². The van der Waals surface area contributed by atoms with E-state index in [-0.39, 0.29) is 5.91 Å². The monoisotopic (exact) mass is 384 g/mol. The van der Waals surface area contributed by atoms with Gasteiger partial charge in [0, 0.05) is 18.2 Å². The van der Waals surface area contributed by atoms with Gasteiger partial charge in [-0.05, 0) is 62.8 Å². The van der Waals surface area contributed by atoms with Gasteiger partial charge >= 0.3 is 0 Å². The van der Waals surface area contributed by atoms with Crippen LogP contribution < -0.4 is 10.1 Å². The molecular formula is C23H32N2O3. The van der Waals surface area contributed by atoms with E-state index in [9.17, 15) is 4.79 Å². The van der Waals surface area contributed by atoms with Crippen LogP contribution in [0.5, 0.6) is 5.75 Å². The Hall–Kier alpha value is -2.14. The van der Waals surface area contributed by atoms with E-state index in [2.05, 4.69) is 24.1 Å². The number of rotatable bonds is 8. The second kappa shape index (κ2) is 9.37. The molecule has 0 spiro atoms. The lowest BCUT2D eigenvalue weighted by Crippen LogP contribution is -2.48. The van der Waals surface area contributed by atoms with Gasteiger partial charge in [-0.2, -0.15) is 0 Å². The second-order valence-corrected chi connectivity index (χ2v) is 7.80. The van der Waals surface area contributed by atoms with Gasteiger partial charge in [-0.3, -0.25) is 9.78 Å². The number of benzene rings is 1. The Kier molecular flexibility index (Phi) is 6.89. The molecule has 1 amide bonds. The number of nitrogens with one attached hydrogen (secondary N) is 1. The Morgan fingerprint density at radius 2 is 2.18 bits per heavy atom. The molecule has 3 rings (SSSR count). The molecule has 0 radical (unpaired) electrons. The summed E-state index contributed by atoms with van der Waals surface area (Å²) in [6.45, 7) is 7.49. The smallest absolute Gasteiger partial charge is 0.256 e. The molecule has 1 fully saturated rings. The third-order valence-electron chi connectivity index (χ3n) is 5.53. The number of nitrogens with zero attached hydrogens (tertiary/aromatic N) is 1. The molecule has 2 atom stereocenters. The summed E-state index contributed by atoms with van der Waals surface area (Å²) in [5, 5.41) is 4.03. The van der Waals surface area contributed by atoms with Crippen molar-refractivity contribution in [1.29, 1.82) is 0 Å². The summed E-state index contributed by atoms with van der Waals surface area (Å²) in [4.78, 5) is 17.8. The molecule has 1 aliphatic rings. The average Bonchev–Trinajstić information content (AvgIpc) is 2.70. The van der Waals surface area contributed by atoms with Crippen LogP contribution in [0.1, 0.15) is 59.3 Å². The molecule has 1 N–H and O–H groups in total. The first kappa shape index (κ1) is 20.6. The summed E-state index contributed by atoms with van der Waals surface area (Å²) >= 11 is 0. The van der Waals surface area contributed by atoms with Gasteiger partial charge in [0.2, 0.25) is 0 Å². The van der Waals surface area contributed by atoms with E-state index in [0.717, 1.165) is 60.9 Å². The van der Waals surface area contributed by atoms with E-state index in [4.69, 9.17) is 9.47 Å². The molecule has 5 nitrogen and oxygen atoms in total. The van der Waals surface area contributed by atoms with Crippen LogP contribution in [0, 0.1) is 5.92 Å². The molecule has 0 saturated heterocycles. The van der Waals surface area contributed by atoms with Crippen molar-refractivity contribution in [2.24, 2.45) is 5.92 Å². The Labute approximate surface area is 167 Å². The third kappa shape index (κ3) is 4.46. The average molecular weight is 385 g/mol. The molecular weight excluding hydrogens is 352 g/mol. The predicted molar refractivity (Wildman–Crippen MR) is 113 cm³/mol. The summed E-state index contributed by atoms with van der Waals surface area (Å²) in [6, 6.07) is 7.67. The van der Waals surface area contributed by atoms with Gasteiger partial charge in [-0.15, -0.1) is 0 Å². The number of hydrogen-bond donors (Lipinski definition) is 1. The summed E-state index contributed by atoms with van der Waals surface area (Å²) in [7, 11) is 0. The van der Waals surface area contributed by atoms with Crippen molar-refractivity contribution in [3.05, 3.63) is 30.5 Å². The highest BCUT2D eigenvalue weighted by Gasteiger charge is 2.42. The number of amides is 1. The first-order chi connectivity index (χ1) is 13.6. The van der Waals surface area contributed by atoms with Crippen molar-refractivity contribution in [3.8, 4) is 5.75 Å². The molecule has 1 aromatic carbocycles. The van der Waals surface area contributed by atoms with Gasteiger partial charge in [-0.25, -0.2) is 0 Å². The molecule has 1 saturated carbocycles. The molecule has 2 aromatic rings. The van der Waals surface area contributed by atoms with E-state index in [1.165, 1.54) is 0 Å². The maximum absolute atomic E-state index is 13.3. The van der Waals surface area contributed by atoms with E-state index < -0.39 is 5.60 Å². The fourth-order valence-electron chi connectivity index (χ4n) is 4.12. The Morgan fingerprint density at radius 3 is 2.93 bits per heavy atom. The maximum Gasteiger partial charge on any atom is 0.256 e. The van der Waals surface area contributed by atoms with Gasteiger partial charge in [-0.1, -0.05) is 26.7 Å². The zero-order valence-electron chi connectivity index (χ0n) is 17.3. The number of carbonyl (C=O) groups excluding carboxylic acids is 1. The number of fused-ring (bicyclic) bond motifs is 1. The summed E-state index contributed by atoms with van der Waals surface area (Å²) in [5.74, 6) is 1.19. The molecule has 0 aliphatic heterocycles. The van der Waals surface area contributed by atoms with Crippen LogP contribution in [0.15, 0.2) is 30.5 Å². The first-order valence-electron chi connectivity index (χ1n) is 10.6. The van der Waals surface area contributed by atoms with Crippen LogP contribution in [-0.4, -0.2) is 29.7 Å². The summed E-state index contributed by atoms with van der Waals surface area (Å²) in [5.41, 5.74) is 0.796. The van der Waals surface area contributed by atoms with E-state index in [0.29, 0.717) is 19.1 Å². The van der Waals surface area contributed by atoms with Gasteiger partial charge in [0.1, 0.15) is 16.9 Å². The van der Waals surface area contributed by atoms with Crippen molar-refractivity contribution in [2.45, 2.75) is 64.9 Å². The lowest BCUT2D eigenvalue weighted by atomic mass is 9.78. The molecule has 1 aliphatic carbocycles. The topological polar surface area (TPSA) is 60.5 Å². The Morgan fingerprint density at radius 1 is 1.32 bits per heavy atom. The van der Waals surface area contributed by atoms with Crippen molar-refractivity contribution < 1.29 is 14.3 Å². The van der Waals surface area contributed by atoms with E-state index >= 15 is 0 Å². The summed E-state index contributed by atoms with van der Waals surface area (Å²) < 4.78 is 11.9. The lowest BCUT2D eigenvalue weighted by Gasteiger charge is -2.38. The number of ether oxygens (including phenoxy) is 2. The van der Waals surface area contributed by atoms with Gasteiger partial charge in [0.05, 0.1) is 12.3 Å². The van der Waals surface area contributed by atoms with Gasteiger partial charge in [0.15, 0.2) is 0 Å². The van der Waals surface area contributed by atoms with Crippen LogP contribution in [-0.2, 0) is 9.53 Å². The fourth-order valence-corrected chi connectivity index (χ4v) is 4.12. The molecule has 28 heavy (non-hydrogen) atoms. The quantitative estimate of drug-likeness (QED) is 0.624. The summed E-state index contributed by atoms with van der Waals surface area (Å²) in [6.07, 6.45) is 7.54. The minimum Gasteiger partial charge on any atom is -0.491 e. The van der Waals surface area contributed by atoms with Crippen molar-refractivity contribution >= 4 is 22.5 Å². The van der Waals surface area contributed by atoms with Crippen LogP contribution in [0.2, 0.25) is 0 Å². The predicted octanol–water partition coefficient (Wildman–Crippen LogP) is 5.34. The molecule has 1 aromatic heterocycles. The highest BCUT2D eigenvalue weighted by Crippen LogP contribution is 2.37. The largest absolute Gasteiger partial charge is 0.491 e. The van der Waals surface area contributed by atoms with Crippen LogP contribution in [0.4, 0.5) is 5.69 Å².